The number of sulfone groups is 1. The van der Waals surface area contributed by atoms with Gasteiger partial charge in [-0.3, -0.25) is 4.79 Å². The second-order valence-electron chi connectivity index (χ2n) is 10.0. The number of nitrogens with zero attached hydrogens (tertiary/aromatic N) is 2. The van der Waals surface area contributed by atoms with Gasteiger partial charge in [-0.1, -0.05) is 46.2 Å². The summed E-state index contributed by atoms with van der Waals surface area (Å²) < 4.78 is 44.2. The minimum Gasteiger partial charge on any atom is -0.369 e. The molecule has 4 rings (SSSR count). The van der Waals surface area contributed by atoms with E-state index in [0.717, 1.165) is 44.3 Å². The summed E-state index contributed by atoms with van der Waals surface area (Å²) in [5.74, 6) is 0.408. The van der Waals surface area contributed by atoms with Crippen LogP contribution in [0.3, 0.4) is 0 Å². The molecule has 2 aromatic carbocycles. The first-order valence-corrected chi connectivity index (χ1v) is 14.1. The maximum Gasteiger partial charge on any atom is 0.211 e. The second-order valence-corrected chi connectivity index (χ2v) is 12.0. The SMILES string of the molecule is CCCCn1cc(S(=O)(=O)c2ccc(CC)cc2)c(=O)c2cc(F)c(N3CC(C)CC(C)C3)cc21. The Labute approximate surface area is 207 Å². The lowest BCUT2D eigenvalue weighted by molar-refractivity contribution is 0.354. The van der Waals surface area contributed by atoms with Crippen LogP contribution in [-0.4, -0.2) is 26.1 Å². The molecular weight excluding hydrogens is 463 g/mol. The van der Waals surface area contributed by atoms with Gasteiger partial charge in [0.15, 0.2) is 0 Å². The molecular formula is C28H35FN2O3S. The van der Waals surface area contributed by atoms with E-state index in [4.69, 9.17) is 0 Å². The summed E-state index contributed by atoms with van der Waals surface area (Å²) >= 11 is 0. The summed E-state index contributed by atoms with van der Waals surface area (Å²) in [4.78, 5) is 15.3. The van der Waals surface area contributed by atoms with Crippen molar-refractivity contribution in [2.75, 3.05) is 18.0 Å². The van der Waals surface area contributed by atoms with Crippen LogP contribution in [0.25, 0.3) is 10.9 Å². The molecule has 0 aliphatic carbocycles. The lowest BCUT2D eigenvalue weighted by atomic mass is 9.91. The van der Waals surface area contributed by atoms with Crippen LogP contribution in [0.1, 0.15) is 52.5 Å². The van der Waals surface area contributed by atoms with Crippen molar-refractivity contribution in [2.45, 2.75) is 69.7 Å². The lowest BCUT2D eigenvalue weighted by Gasteiger charge is -2.37. The van der Waals surface area contributed by atoms with Crippen LogP contribution in [0.4, 0.5) is 10.1 Å². The number of halogens is 1. The zero-order chi connectivity index (χ0) is 25.3. The van der Waals surface area contributed by atoms with Crippen molar-refractivity contribution in [3.8, 4) is 0 Å². The Morgan fingerprint density at radius 2 is 1.69 bits per heavy atom. The van der Waals surface area contributed by atoms with Crippen LogP contribution in [0, 0.1) is 17.7 Å². The van der Waals surface area contributed by atoms with Gasteiger partial charge in [-0.15, -0.1) is 0 Å². The maximum absolute atomic E-state index is 15.4. The molecule has 5 nitrogen and oxygen atoms in total. The predicted octanol–water partition coefficient (Wildman–Crippen LogP) is 5.82. The molecule has 0 N–H and O–H groups in total. The Kier molecular flexibility index (Phi) is 7.36. The van der Waals surface area contributed by atoms with Gasteiger partial charge in [0.25, 0.3) is 0 Å². The quantitative estimate of drug-likeness (QED) is 0.412. The third-order valence-electron chi connectivity index (χ3n) is 7.01. The average Bonchev–Trinajstić information content (AvgIpc) is 2.82. The predicted molar refractivity (Wildman–Crippen MR) is 140 cm³/mol. The number of aromatic nitrogens is 1. The maximum atomic E-state index is 15.4. The van der Waals surface area contributed by atoms with Gasteiger partial charge in [-0.2, -0.15) is 0 Å². The van der Waals surface area contributed by atoms with Crippen molar-refractivity contribution < 1.29 is 12.8 Å². The van der Waals surface area contributed by atoms with Crippen molar-refractivity contribution >= 4 is 26.4 Å². The van der Waals surface area contributed by atoms with E-state index in [1.165, 1.54) is 24.4 Å². The van der Waals surface area contributed by atoms with Crippen LogP contribution < -0.4 is 10.3 Å². The van der Waals surface area contributed by atoms with Gasteiger partial charge in [-0.25, -0.2) is 12.8 Å². The summed E-state index contributed by atoms with van der Waals surface area (Å²) in [7, 11) is -4.06. The fourth-order valence-corrected chi connectivity index (χ4v) is 6.58. The summed E-state index contributed by atoms with van der Waals surface area (Å²) in [5.41, 5.74) is 1.41. The molecule has 0 amide bonds. The fraction of sp³-hybridized carbons (Fsp3) is 0.464. The molecule has 3 aromatic rings. The fourth-order valence-electron chi connectivity index (χ4n) is 5.21. The first kappa shape index (κ1) is 25.4. The van der Waals surface area contributed by atoms with Crippen molar-refractivity contribution in [3.63, 3.8) is 0 Å². The van der Waals surface area contributed by atoms with Gasteiger partial charge in [-0.05, 0) is 60.9 Å². The second kappa shape index (κ2) is 10.1. The number of hydrogen-bond acceptors (Lipinski definition) is 4. The number of piperidine rings is 1. The van der Waals surface area contributed by atoms with E-state index in [9.17, 15) is 13.2 Å². The standard InChI is InChI=1S/C28H35FN2O3S/c1-5-7-12-30-18-27(35(33,34)22-10-8-21(6-2)9-11-22)28(32)23-14-24(29)26(15-25(23)30)31-16-19(3)13-20(4)17-31/h8-11,14-15,18-20H,5-7,12-13,16-17H2,1-4H3. The van der Waals surface area contributed by atoms with E-state index in [-0.39, 0.29) is 15.2 Å². The van der Waals surface area contributed by atoms with Crippen molar-refractivity contribution in [3.05, 3.63) is 64.2 Å². The van der Waals surface area contributed by atoms with E-state index in [2.05, 4.69) is 25.7 Å². The first-order chi connectivity index (χ1) is 16.6. The summed E-state index contributed by atoms with van der Waals surface area (Å²) in [5, 5.41) is 0.103. The number of aryl methyl sites for hydroxylation is 2. The topological polar surface area (TPSA) is 59.4 Å². The third-order valence-corrected chi connectivity index (χ3v) is 8.77. The molecule has 1 aliphatic rings. The normalized spacial score (nSPS) is 18.8. The molecule has 1 aliphatic heterocycles. The highest BCUT2D eigenvalue weighted by Crippen LogP contribution is 2.32. The Balaban J connectivity index is 1.89. The molecule has 2 unspecified atom stereocenters. The van der Waals surface area contributed by atoms with Crippen LogP contribution in [0.2, 0.25) is 0 Å². The van der Waals surface area contributed by atoms with E-state index >= 15 is 4.39 Å². The van der Waals surface area contributed by atoms with Gasteiger partial charge >= 0.3 is 0 Å². The number of rotatable bonds is 7. The van der Waals surface area contributed by atoms with Gasteiger partial charge < -0.3 is 9.47 Å². The molecule has 188 valence electrons. The van der Waals surface area contributed by atoms with Crippen LogP contribution in [0.5, 0.6) is 0 Å². The monoisotopic (exact) mass is 498 g/mol. The molecule has 2 heterocycles. The largest absolute Gasteiger partial charge is 0.369 e. The molecule has 1 aromatic heterocycles. The van der Waals surface area contributed by atoms with Gasteiger partial charge in [0, 0.05) is 25.8 Å². The third kappa shape index (κ3) is 5.01. The minimum atomic E-state index is -4.06. The van der Waals surface area contributed by atoms with Crippen molar-refractivity contribution in [1.82, 2.24) is 4.57 Å². The number of unbranched alkanes of at least 4 members (excludes halogenated alkanes) is 1. The Hall–Kier alpha value is -2.67. The molecule has 1 fully saturated rings. The number of hydrogen-bond donors (Lipinski definition) is 0. The average molecular weight is 499 g/mol. The Morgan fingerprint density at radius 1 is 1.03 bits per heavy atom. The zero-order valence-corrected chi connectivity index (χ0v) is 21.9. The Morgan fingerprint density at radius 3 is 2.29 bits per heavy atom. The van der Waals surface area contributed by atoms with Crippen LogP contribution in [0.15, 0.2) is 57.2 Å². The zero-order valence-electron chi connectivity index (χ0n) is 21.1. The number of benzene rings is 2. The van der Waals surface area contributed by atoms with Crippen LogP contribution in [-0.2, 0) is 22.8 Å². The van der Waals surface area contributed by atoms with Gasteiger partial charge in [0.2, 0.25) is 15.3 Å². The molecule has 0 saturated carbocycles. The van der Waals surface area contributed by atoms with Gasteiger partial charge in [0.1, 0.15) is 10.7 Å². The van der Waals surface area contributed by atoms with E-state index in [1.54, 1.807) is 18.2 Å². The van der Waals surface area contributed by atoms with E-state index in [0.29, 0.717) is 29.6 Å². The highest BCUT2D eigenvalue weighted by atomic mass is 32.2. The molecule has 7 heteroatoms. The highest BCUT2D eigenvalue weighted by Gasteiger charge is 2.27. The molecule has 0 spiro atoms. The molecule has 35 heavy (non-hydrogen) atoms. The number of anilines is 1. The molecule has 0 radical (unpaired) electrons. The summed E-state index contributed by atoms with van der Waals surface area (Å²) in [6.07, 6.45) is 5.06. The van der Waals surface area contributed by atoms with Crippen LogP contribution >= 0.6 is 0 Å². The molecule has 2 atom stereocenters. The number of fused-ring (bicyclic) bond motifs is 1. The van der Waals surface area contributed by atoms with Crippen molar-refractivity contribution in [1.29, 1.82) is 0 Å². The van der Waals surface area contributed by atoms with E-state index in [1.807, 2.05) is 11.5 Å². The lowest BCUT2D eigenvalue weighted by Crippen LogP contribution is -2.39. The Bertz CT molecular complexity index is 1370. The molecule has 0 bridgehead atoms. The van der Waals surface area contributed by atoms with Crippen molar-refractivity contribution in [2.24, 2.45) is 11.8 Å². The molecule has 1 saturated heterocycles. The summed E-state index contributed by atoms with van der Waals surface area (Å²) in [6.45, 7) is 10.4. The van der Waals surface area contributed by atoms with Gasteiger partial charge in [0.05, 0.1) is 21.5 Å². The first-order valence-electron chi connectivity index (χ1n) is 12.6. The summed E-state index contributed by atoms with van der Waals surface area (Å²) in [6, 6.07) is 9.57. The minimum absolute atomic E-state index is 0.0709. The smallest absolute Gasteiger partial charge is 0.211 e. The number of pyridine rings is 1. The highest BCUT2D eigenvalue weighted by molar-refractivity contribution is 7.91. The van der Waals surface area contributed by atoms with E-state index < -0.39 is 21.1 Å².